The second kappa shape index (κ2) is 61.9. The van der Waals surface area contributed by atoms with E-state index in [1.54, 1.807) is 0 Å². The first-order valence-electron chi connectivity index (χ1n) is 32.6. The molecule has 0 aromatic heterocycles. The number of nitrogens with one attached hydrogen (secondary N) is 1. The minimum Gasteiger partial charge on any atom is -0.466 e. The van der Waals surface area contributed by atoms with Gasteiger partial charge >= 0.3 is 5.97 Å². The highest BCUT2D eigenvalue weighted by Crippen LogP contribution is 2.18. The predicted molar refractivity (Wildman–Crippen MR) is 315 cm³/mol. The Kier molecular flexibility index (Phi) is 60.5. The number of rotatable bonds is 61. The molecule has 0 spiro atoms. The van der Waals surface area contributed by atoms with Crippen molar-refractivity contribution in [3.8, 4) is 0 Å². The van der Waals surface area contributed by atoms with Crippen LogP contribution < -0.4 is 5.32 Å². The minimum atomic E-state index is -0.669. The lowest BCUT2D eigenvalue weighted by Crippen LogP contribution is -2.45. The molecule has 0 aliphatic carbocycles. The van der Waals surface area contributed by atoms with Crippen molar-refractivity contribution in [1.29, 1.82) is 0 Å². The molecule has 426 valence electrons. The molecule has 2 atom stereocenters. The van der Waals surface area contributed by atoms with Crippen molar-refractivity contribution in [3.63, 3.8) is 0 Å². The van der Waals surface area contributed by atoms with Crippen LogP contribution in [0.2, 0.25) is 0 Å². The number of ether oxygens (including phenoxy) is 1. The Morgan fingerprint density at radius 1 is 0.389 bits per heavy atom. The zero-order valence-electron chi connectivity index (χ0n) is 48.7. The number of aliphatic hydroxyl groups is 2. The van der Waals surface area contributed by atoms with Crippen molar-refractivity contribution in [2.75, 3.05) is 13.2 Å². The maximum atomic E-state index is 12.5. The molecule has 0 saturated carbocycles. The Balaban J connectivity index is 3.41. The Hall–Kier alpha value is -1.66. The van der Waals surface area contributed by atoms with E-state index in [0.717, 1.165) is 51.4 Å². The molecule has 2 unspecified atom stereocenters. The highest BCUT2D eigenvalue weighted by Gasteiger charge is 2.20. The molecule has 6 heteroatoms. The molecule has 0 radical (unpaired) electrons. The third-order valence-electron chi connectivity index (χ3n) is 15.3. The largest absolute Gasteiger partial charge is 0.466 e. The monoisotopic (exact) mass is 1010 g/mol. The molecule has 0 aromatic carbocycles. The molecule has 0 bridgehead atoms. The average Bonchev–Trinajstić information content (AvgIpc) is 3.38. The molecule has 3 N–H and O–H groups in total. The highest BCUT2D eigenvalue weighted by molar-refractivity contribution is 5.76. The average molecular weight is 1010 g/mol. The number of esters is 1. The summed E-state index contributed by atoms with van der Waals surface area (Å²) in [6.45, 7) is 4.94. The summed E-state index contributed by atoms with van der Waals surface area (Å²) in [4.78, 5) is 24.6. The zero-order valence-corrected chi connectivity index (χ0v) is 48.7. The van der Waals surface area contributed by atoms with Crippen LogP contribution in [0.1, 0.15) is 361 Å². The molecule has 0 aromatic rings. The molecular weight excluding hydrogens is 887 g/mol. The van der Waals surface area contributed by atoms with Gasteiger partial charge in [-0.25, -0.2) is 0 Å². The number of unbranched alkanes of at least 4 members (excludes halogenated alkanes) is 46. The lowest BCUT2D eigenvalue weighted by molar-refractivity contribution is -0.143. The first kappa shape index (κ1) is 70.3. The third kappa shape index (κ3) is 57.6. The molecule has 0 aliphatic heterocycles. The van der Waals surface area contributed by atoms with E-state index in [9.17, 15) is 19.8 Å². The van der Waals surface area contributed by atoms with Crippen LogP contribution in [0.4, 0.5) is 0 Å². The molecule has 0 saturated heterocycles. The predicted octanol–water partition coefficient (Wildman–Crippen LogP) is 20.6. The quantitative estimate of drug-likeness (QED) is 0.0320. The lowest BCUT2D eigenvalue weighted by Gasteiger charge is -2.22. The first-order chi connectivity index (χ1) is 35.5. The van der Waals surface area contributed by atoms with Crippen LogP contribution in [0.3, 0.4) is 0 Å². The SMILES string of the molecule is CCCCC/C=C\C/C=C\CCCCCCCC(=O)OCCCCCCCCCCCCCCCCCCCCC(=O)NC(CO)C(O)CCCCCCCCCCCCCCCCCCCCCCCC. The number of allylic oxidation sites excluding steroid dienone is 4. The molecule has 0 fully saturated rings. The van der Waals surface area contributed by atoms with Crippen LogP contribution >= 0.6 is 0 Å². The summed E-state index contributed by atoms with van der Waals surface area (Å²) in [5, 5.41) is 23.4. The van der Waals surface area contributed by atoms with Crippen molar-refractivity contribution in [2.24, 2.45) is 0 Å². The van der Waals surface area contributed by atoms with Gasteiger partial charge in [0.25, 0.3) is 0 Å². The summed E-state index contributed by atoms with van der Waals surface area (Å²) in [5.74, 6) is -0.0413. The van der Waals surface area contributed by atoms with Gasteiger partial charge in [-0.15, -0.1) is 0 Å². The van der Waals surface area contributed by atoms with Crippen LogP contribution in [0.5, 0.6) is 0 Å². The van der Waals surface area contributed by atoms with Gasteiger partial charge < -0.3 is 20.3 Å². The number of carbonyl (C=O) groups excluding carboxylic acids is 2. The maximum Gasteiger partial charge on any atom is 0.305 e. The van der Waals surface area contributed by atoms with Crippen LogP contribution in [0.25, 0.3) is 0 Å². The fourth-order valence-electron chi connectivity index (χ4n) is 10.3. The third-order valence-corrected chi connectivity index (χ3v) is 15.3. The minimum absolute atomic E-state index is 0.00578. The summed E-state index contributed by atoms with van der Waals surface area (Å²) < 4.78 is 5.48. The van der Waals surface area contributed by atoms with E-state index in [1.165, 1.54) is 276 Å². The van der Waals surface area contributed by atoms with Crippen molar-refractivity contribution in [2.45, 2.75) is 373 Å². The van der Waals surface area contributed by atoms with Crippen molar-refractivity contribution in [1.82, 2.24) is 5.32 Å². The summed E-state index contributed by atoms with van der Waals surface area (Å²) in [7, 11) is 0. The topological polar surface area (TPSA) is 95.9 Å². The normalized spacial score (nSPS) is 12.7. The molecule has 0 aliphatic rings. The molecule has 72 heavy (non-hydrogen) atoms. The Morgan fingerprint density at radius 3 is 1.08 bits per heavy atom. The van der Waals surface area contributed by atoms with E-state index in [0.29, 0.717) is 25.9 Å². The van der Waals surface area contributed by atoms with Gasteiger partial charge in [0.2, 0.25) is 5.91 Å². The van der Waals surface area contributed by atoms with Crippen molar-refractivity contribution in [3.05, 3.63) is 24.3 Å². The van der Waals surface area contributed by atoms with Crippen LogP contribution in [-0.2, 0) is 14.3 Å². The van der Waals surface area contributed by atoms with Gasteiger partial charge in [-0.3, -0.25) is 9.59 Å². The molecule has 0 rings (SSSR count). The fraction of sp³-hybridized carbons (Fsp3) is 0.909. The van der Waals surface area contributed by atoms with Crippen LogP contribution in [0.15, 0.2) is 24.3 Å². The van der Waals surface area contributed by atoms with Crippen molar-refractivity contribution < 1.29 is 24.5 Å². The second-order valence-corrected chi connectivity index (χ2v) is 22.5. The molecule has 1 amide bonds. The van der Waals surface area contributed by atoms with E-state index in [-0.39, 0.29) is 18.5 Å². The summed E-state index contributed by atoms with van der Waals surface area (Å²) >= 11 is 0. The Labute approximate surface area is 450 Å². The number of hydrogen-bond acceptors (Lipinski definition) is 5. The van der Waals surface area contributed by atoms with Crippen LogP contribution in [0, 0.1) is 0 Å². The summed E-state index contributed by atoms with van der Waals surface area (Å²) in [5.41, 5.74) is 0. The standard InChI is InChI=1S/C66H127NO5/c1-3-5-7-9-11-13-15-17-19-20-21-22-23-24-27-31-34-38-42-46-50-54-58-64(69)63(62-68)67-65(70)59-55-51-47-43-39-35-32-28-25-26-29-33-37-41-45-49-53-57-61-72-66(71)60-56-52-48-44-40-36-30-18-16-14-12-10-8-6-4-2/h12,14,18,30,63-64,68-69H,3-11,13,15-17,19-29,31-62H2,1-2H3,(H,67,70)/b14-12-,30-18-. The number of carbonyl (C=O) groups is 2. The second-order valence-electron chi connectivity index (χ2n) is 22.5. The molecule has 6 nitrogen and oxygen atoms in total. The highest BCUT2D eigenvalue weighted by atomic mass is 16.5. The lowest BCUT2D eigenvalue weighted by atomic mass is 10.0. The van der Waals surface area contributed by atoms with E-state index in [4.69, 9.17) is 4.74 Å². The van der Waals surface area contributed by atoms with E-state index in [1.807, 2.05) is 0 Å². The molecule has 0 heterocycles. The van der Waals surface area contributed by atoms with Gasteiger partial charge in [0, 0.05) is 12.8 Å². The van der Waals surface area contributed by atoms with Gasteiger partial charge in [0.05, 0.1) is 25.4 Å². The summed E-state index contributed by atoms with van der Waals surface area (Å²) in [6, 6.07) is -0.546. The van der Waals surface area contributed by atoms with Gasteiger partial charge in [-0.1, -0.05) is 314 Å². The number of amides is 1. The van der Waals surface area contributed by atoms with Gasteiger partial charge in [0.15, 0.2) is 0 Å². The molecular formula is C66H127NO5. The van der Waals surface area contributed by atoms with Gasteiger partial charge in [-0.05, 0) is 57.8 Å². The Bertz CT molecular complexity index is 1120. The smallest absolute Gasteiger partial charge is 0.305 e. The number of aliphatic hydroxyl groups excluding tert-OH is 2. The van der Waals surface area contributed by atoms with Gasteiger partial charge in [0.1, 0.15) is 0 Å². The van der Waals surface area contributed by atoms with E-state index < -0.39 is 12.1 Å². The van der Waals surface area contributed by atoms with Crippen molar-refractivity contribution >= 4 is 11.9 Å². The van der Waals surface area contributed by atoms with E-state index in [2.05, 4.69) is 43.5 Å². The fourth-order valence-corrected chi connectivity index (χ4v) is 10.3. The van der Waals surface area contributed by atoms with Gasteiger partial charge in [-0.2, -0.15) is 0 Å². The Morgan fingerprint density at radius 2 is 0.694 bits per heavy atom. The summed E-state index contributed by atoms with van der Waals surface area (Å²) in [6.07, 6.45) is 76.2. The van der Waals surface area contributed by atoms with Crippen LogP contribution in [-0.4, -0.2) is 47.4 Å². The first-order valence-corrected chi connectivity index (χ1v) is 32.6. The number of hydrogen-bond donors (Lipinski definition) is 3. The maximum absolute atomic E-state index is 12.5. The zero-order chi connectivity index (χ0) is 52.2. The van der Waals surface area contributed by atoms with E-state index >= 15 is 0 Å².